The molecule has 0 aliphatic heterocycles. The van der Waals surface area contributed by atoms with Crippen LogP contribution in [0.3, 0.4) is 0 Å². The Morgan fingerprint density at radius 1 is 1.42 bits per heavy atom. The van der Waals surface area contributed by atoms with Crippen LogP contribution < -0.4 is 0 Å². The summed E-state index contributed by atoms with van der Waals surface area (Å²) in [5.41, 5.74) is 0.825. The van der Waals surface area contributed by atoms with E-state index in [4.69, 9.17) is 5.26 Å². The van der Waals surface area contributed by atoms with E-state index in [9.17, 15) is 4.39 Å². The summed E-state index contributed by atoms with van der Waals surface area (Å²) in [6.45, 7) is 0. The molecule has 0 aliphatic rings. The van der Waals surface area contributed by atoms with Gasteiger partial charge in [-0.2, -0.15) is 5.26 Å². The van der Waals surface area contributed by atoms with Gasteiger partial charge in [-0.05, 0) is 12.1 Å². The lowest BCUT2D eigenvalue weighted by Gasteiger charge is -2.02. The van der Waals surface area contributed by atoms with Crippen LogP contribution in [0.5, 0.6) is 0 Å². The van der Waals surface area contributed by atoms with Crippen molar-refractivity contribution in [3.05, 3.63) is 35.1 Å². The summed E-state index contributed by atoms with van der Waals surface area (Å²) >= 11 is 6.35. The summed E-state index contributed by atoms with van der Waals surface area (Å²) in [7, 11) is 0. The van der Waals surface area contributed by atoms with Crippen molar-refractivity contribution in [3.63, 3.8) is 0 Å². The lowest BCUT2D eigenvalue weighted by atomic mass is 10.1. The lowest BCUT2D eigenvalue weighted by Crippen LogP contribution is -1.88. The lowest BCUT2D eigenvalue weighted by molar-refractivity contribution is 0.617. The van der Waals surface area contributed by atoms with Crippen molar-refractivity contribution in [1.29, 1.82) is 5.26 Å². The number of hydrogen-bond acceptors (Lipinski definition) is 1. The number of nitriles is 1. The van der Waals surface area contributed by atoms with Gasteiger partial charge in [-0.15, -0.1) is 0 Å². The van der Waals surface area contributed by atoms with Gasteiger partial charge < -0.3 is 0 Å². The van der Waals surface area contributed by atoms with Gasteiger partial charge >= 0.3 is 0 Å². The molecule has 1 nitrogen and oxygen atoms in total. The van der Waals surface area contributed by atoms with Gasteiger partial charge in [0.2, 0.25) is 0 Å². The van der Waals surface area contributed by atoms with Gasteiger partial charge in [0.1, 0.15) is 5.82 Å². The average molecular weight is 293 g/mol. The molecule has 0 aromatic heterocycles. The second-order valence-electron chi connectivity index (χ2n) is 2.15. The van der Waals surface area contributed by atoms with Crippen LogP contribution in [0.4, 0.5) is 4.39 Å². The first-order valence-corrected chi connectivity index (χ1v) is 4.96. The number of nitrogens with zero attached hydrogens (tertiary/aromatic N) is 1. The fourth-order valence-corrected chi connectivity index (χ4v) is 1.52. The van der Waals surface area contributed by atoms with E-state index in [1.165, 1.54) is 6.07 Å². The van der Waals surface area contributed by atoms with E-state index in [0.29, 0.717) is 11.1 Å². The van der Waals surface area contributed by atoms with Gasteiger partial charge in [-0.25, -0.2) is 4.39 Å². The van der Waals surface area contributed by atoms with Crippen LogP contribution in [0, 0.1) is 17.1 Å². The number of benzene rings is 1. The van der Waals surface area contributed by atoms with Crippen molar-refractivity contribution >= 4 is 31.9 Å². The summed E-state index contributed by atoms with van der Waals surface area (Å²) in [5.74, 6) is -0.382. The molecule has 1 rings (SSSR count). The minimum Gasteiger partial charge on any atom is -0.207 e. The zero-order valence-electron chi connectivity index (χ0n) is 5.89. The molecule has 62 valence electrons. The molecule has 1 aromatic carbocycles. The molecule has 0 N–H and O–H groups in total. The van der Waals surface area contributed by atoms with Crippen molar-refractivity contribution < 1.29 is 4.39 Å². The van der Waals surface area contributed by atoms with Crippen molar-refractivity contribution in [2.45, 2.75) is 3.74 Å². The summed E-state index contributed by atoms with van der Waals surface area (Å²) in [6.07, 6.45) is 0. The zero-order valence-corrected chi connectivity index (χ0v) is 9.06. The Kier molecular flexibility index (Phi) is 3.24. The Balaban J connectivity index is 3.14. The topological polar surface area (TPSA) is 23.8 Å². The Hall–Kier alpha value is -0.400. The molecule has 0 bridgehead atoms. The third-order valence-electron chi connectivity index (χ3n) is 1.36. The SMILES string of the molecule is N#Cc1ccc(C(Br)Br)c(F)c1. The highest BCUT2D eigenvalue weighted by Crippen LogP contribution is 2.31. The second-order valence-corrected chi connectivity index (χ2v) is 5.21. The van der Waals surface area contributed by atoms with E-state index in [1.54, 1.807) is 12.1 Å². The molecule has 12 heavy (non-hydrogen) atoms. The standard InChI is InChI=1S/C8H4Br2FN/c9-8(10)6-2-1-5(4-12)3-7(6)11/h1-3,8H. The van der Waals surface area contributed by atoms with Gasteiger partial charge in [-0.1, -0.05) is 37.9 Å². The highest BCUT2D eigenvalue weighted by atomic mass is 79.9. The Morgan fingerprint density at radius 2 is 2.08 bits per heavy atom. The van der Waals surface area contributed by atoms with Crippen molar-refractivity contribution in [2.75, 3.05) is 0 Å². The van der Waals surface area contributed by atoms with Gasteiger partial charge in [-0.3, -0.25) is 0 Å². The maximum atomic E-state index is 13.1. The van der Waals surface area contributed by atoms with E-state index < -0.39 is 0 Å². The first-order chi connectivity index (χ1) is 5.65. The first kappa shape index (κ1) is 9.69. The van der Waals surface area contributed by atoms with E-state index in [2.05, 4.69) is 31.9 Å². The predicted octanol–water partition coefficient (Wildman–Crippen LogP) is 3.49. The second kappa shape index (κ2) is 4.01. The molecule has 0 heterocycles. The Bertz CT molecular complexity index is 330. The smallest absolute Gasteiger partial charge is 0.129 e. The first-order valence-electron chi connectivity index (χ1n) is 3.13. The van der Waals surface area contributed by atoms with Crippen LogP contribution in [-0.4, -0.2) is 0 Å². The van der Waals surface area contributed by atoms with Gasteiger partial charge in [0, 0.05) is 5.56 Å². The highest BCUT2D eigenvalue weighted by Gasteiger charge is 2.08. The van der Waals surface area contributed by atoms with Crippen LogP contribution in [-0.2, 0) is 0 Å². The highest BCUT2D eigenvalue weighted by molar-refractivity contribution is 9.24. The fourth-order valence-electron chi connectivity index (χ4n) is 0.774. The Morgan fingerprint density at radius 3 is 2.50 bits per heavy atom. The summed E-state index contributed by atoms with van der Waals surface area (Å²) in [5, 5.41) is 8.45. The maximum Gasteiger partial charge on any atom is 0.129 e. The predicted molar refractivity (Wildman–Crippen MR) is 51.7 cm³/mol. The molecule has 1 aromatic rings. The molecule has 0 aliphatic carbocycles. The maximum absolute atomic E-state index is 13.1. The van der Waals surface area contributed by atoms with Gasteiger partial charge in [0.05, 0.1) is 15.4 Å². The van der Waals surface area contributed by atoms with Crippen LogP contribution in [0.15, 0.2) is 18.2 Å². The average Bonchev–Trinajstić information content (AvgIpc) is 2.03. The van der Waals surface area contributed by atoms with Crippen LogP contribution in [0.25, 0.3) is 0 Å². The van der Waals surface area contributed by atoms with Crippen LogP contribution in [0.1, 0.15) is 14.9 Å². The molecule has 4 heteroatoms. The molecule has 0 amide bonds. The van der Waals surface area contributed by atoms with Crippen LogP contribution >= 0.6 is 31.9 Å². The molecule has 0 unspecified atom stereocenters. The molecule has 0 spiro atoms. The van der Waals surface area contributed by atoms with E-state index in [0.717, 1.165) is 0 Å². The van der Waals surface area contributed by atoms with Crippen LogP contribution in [0.2, 0.25) is 0 Å². The Labute approximate surface area is 86.5 Å². The van der Waals surface area contributed by atoms with E-state index in [1.807, 2.05) is 6.07 Å². The van der Waals surface area contributed by atoms with Gasteiger partial charge in [0.15, 0.2) is 0 Å². The molecule has 0 saturated carbocycles. The largest absolute Gasteiger partial charge is 0.207 e. The fraction of sp³-hybridized carbons (Fsp3) is 0.125. The van der Waals surface area contributed by atoms with Crippen molar-refractivity contribution in [3.8, 4) is 6.07 Å². The molecule has 0 radical (unpaired) electrons. The zero-order chi connectivity index (χ0) is 9.14. The minimum absolute atomic E-state index is 0.210. The monoisotopic (exact) mass is 291 g/mol. The summed E-state index contributed by atoms with van der Waals surface area (Å²) in [6, 6.07) is 6.23. The van der Waals surface area contributed by atoms with Crippen molar-refractivity contribution in [2.24, 2.45) is 0 Å². The molecular formula is C8H4Br2FN. The normalized spacial score (nSPS) is 9.92. The molecule has 0 saturated heterocycles. The summed E-state index contributed by atoms with van der Waals surface area (Å²) in [4.78, 5) is 0. The third kappa shape index (κ3) is 2.05. The number of rotatable bonds is 1. The van der Waals surface area contributed by atoms with Crippen molar-refractivity contribution in [1.82, 2.24) is 0 Å². The third-order valence-corrected chi connectivity index (χ3v) is 2.35. The number of alkyl halides is 2. The molecule has 0 fully saturated rings. The van der Waals surface area contributed by atoms with Gasteiger partial charge in [0.25, 0.3) is 0 Å². The summed E-state index contributed by atoms with van der Waals surface area (Å²) < 4.78 is 12.9. The van der Waals surface area contributed by atoms with E-state index >= 15 is 0 Å². The minimum atomic E-state index is -0.382. The molecule has 0 atom stereocenters. The van der Waals surface area contributed by atoms with E-state index in [-0.39, 0.29) is 9.55 Å². The number of halogens is 3. The number of hydrogen-bond donors (Lipinski definition) is 0. The molecular weight excluding hydrogens is 289 g/mol. The quantitative estimate of drug-likeness (QED) is 0.727.